The molecule has 0 saturated heterocycles. The van der Waals surface area contributed by atoms with Crippen molar-refractivity contribution in [3.63, 3.8) is 0 Å². The lowest BCUT2D eigenvalue weighted by molar-refractivity contribution is 0.0695. The summed E-state index contributed by atoms with van der Waals surface area (Å²) in [6, 6.07) is 10.4. The van der Waals surface area contributed by atoms with E-state index >= 15 is 0 Å². The Balaban J connectivity index is 1.52. The number of hydrogen-bond donors (Lipinski definition) is 2. The first-order valence-electron chi connectivity index (χ1n) is 11.0. The van der Waals surface area contributed by atoms with Crippen LogP contribution in [0.15, 0.2) is 42.7 Å². The number of hydrogen-bond acceptors (Lipinski definition) is 5. The number of thiophene rings is 1. The largest absolute Gasteiger partial charge is 0.478 e. The fourth-order valence-corrected chi connectivity index (χ4v) is 5.32. The van der Waals surface area contributed by atoms with E-state index in [9.17, 15) is 14.3 Å². The van der Waals surface area contributed by atoms with Crippen molar-refractivity contribution in [2.45, 2.75) is 40.0 Å². The van der Waals surface area contributed by atoms with Gasteiger partial charge in [-0.3, -0.25) is 0 Å². The van der Waals surface area contributed by atoms with Crippen molar-refractivity contribution in [3.8, 4) is 11.3 Å². The smallest absolute Gasteiger partial charge is 0.335 e. The summed E-state index contributed by atoms with van der Waals surface area (Å²) < 4.78 is 15.1. The van der Waals surface area contributed by atoms with Crippen molar-refractivity contribution < 1.29 is 14.3 Å². The number of aromatic carboxylic acids is 1. The monoisotopic (exact) mass is 463 g/mol. The van der Waals surface area contributed by atoms with Crippen LogP contribution < -0.4 is 5.32 Å². The van der Waals surface area contributed by atoms with E-state index in [1.165, 1.54) is 11.2 Å². The molecule has 0 amide bonds. The highest BCUT2D eigenvalue weighted by Crippen LogP contribution is 2.34. The van der Waals surface area contributed by atoms with E-state index in [4.69, 9.17) is 0 Å². The van der Waals surface area contributed by atoms with E-state index in [1.807, 2.05) is 26.0 Å². The fraction of sp³-hybridized carbons (Fsp3) is 0.269. The molecule has 2 aromatic heterocycles. The third-order valence-electron chi connectivity index (χ3n) is 5.74. The van der Waals surface area contributed by atoms with Crippen LogP contribution in [-0.4, -0.2) is 27.6 Å². The second-order valence-corrected chi connectivity index (χ2v) is 9.35. The van der Waals surface area contributed by atoms with Crippen molar-refractivity contribution in [3.05, 3.63) is 75.7 Å². The van der Waals surface area contributed by atoms with Gasteiger partial charge >= 0.3 is 5.97 Å². The second kappa shape index (κ2) is 9.67. The quantitative estimate of drug-likeness (QED) is 0.315. The Hall–Kier alpha value is -3.32. The van der Waals surface area contributed by atoms with Crippen LogP contribution in [0.2, 0.25) is 0 Å². The summed E-state index contributed by atoms with van der Waals surface area (Å²) in [5.41, 5.74) is 4.86. The second-order valence-electron chi connectivity index (χ2n) is 8.13. The molecule has 0 spiro atoms. The molecule has 170 valence electrons. The van der Waals surface area contributed by atoms with Gasteiger partial charge in [0.1, 0.15) is 18.0 Å². The number of fused-ring (bicyclic) bond motifs is 1. The molecule has 4 rings (SSSR count). The van der Waals surface area contributed by atoms with Crippen LogP contribution in [0.3, 0.4) is 0 Å². The topological polar surface area (TPSA) is 75.1 Å². The zero-order chi connectivity index (χ0) is 23.5. The Kier molecular flexibility index (Phi) is 6.70. The van der Waals surface area contributed by atoms with Crippen LogP contribution in [0.4, 0.5) is 10.2 Å². The van der Waals surface area contributed by atoms with Crippen molar-refractivity contribution in [1.29, 1.82) is 0 Å². The lowest BCUT2D eigenvalue weighted by Gasteiger charge is -2.10. The molecule has 2 heterocycles. The molecule has 0 aliphatic rings. The number of nitrogens with one attached hydrogen (secondary N) is 1. The standard InChI is InChI=1S/C26H26FN3O2S/c1-4-5-17-11-18(6-7-21(17)26(31)32)23-13-24(30-14-29-23)28-9-8-20-16(3)33-25-15(2)10-19(27)12-22(20)25/h6-7,10-14H,4-5,8-9H2,1-3H3,(H,31,32)(H,28,29,30). The van der Waals surface area contributed by atoms with Crippen LogP contribution in [-0.2, 0) is 12.8 Å². The minimum atomic E-state index is -0.915. The third-order valence-corrected chi connectivity index (χ3v) is 7.04. The van der Waals surface area contributed by atoms with E-state index in [2.05, 4.69) is 22.2 Å². The summed E-state index contributed by atoms with van der Waals surface area (Å²) in [5.74, 6) is -0.427. The number of rotatable bonds is 8. The Morgan fingerprint density at radius 2 is 1.94 bits per heavy atom. The minimum Gasteiger partial charge on any atom is -0.478 e. The number of aromatic nitrogens is 2. The van der Waals surface area contributed by atoms with E-state index in [0.29, 0.717) is 24.3 Å². The molecule has 0 aliphatic carbocycles. The molecule has 0 aliphatic heterocycles. The summed E-state index contributed by atoms with van der Waals surface area (Å²) in [6.07, 6.45) is 3.81. The highest BCUT2D eigenvalue weighted by Gasteiger charge is 2.14. The van der Waals surface area contributed by atoms with Gasteiger partial charge in [0.15, 0.2) is 0 Å². The van der Waals surface area contributed by atoms with Gasteiger partial charge in [-0.25, -0.2) is 19.2 Å². The summed E-state index contributed by atoms with van der Waals surface area (Å²) in [7, 11) is 0. The number of carboxylic acid groups (broad SMARTS) is 1. The molecular formula is C26H26FN3O2S. The number of carbonyl (C=O) groups is 1. The average molecular weight is 464 g/mol. The summed E-state index contributed by atoms with van der Waals surface area (Å²) >= 11 is 1.71. The van der Waals surface area contributed by atoms with Gasteiger partial charge in [-0.15, -0.1) is 11.3 Å². The molecule has 4 aromatic rings. The molecule has 0 atom stereocenters. The number of aryl methyl sites for hydroxylation is 3. The highest BCUT2D eigenvalue weighted by molar-refractivity contribution is 7.19. The molecule has 0 bridgehead atoms. The predicted octanol–water partition coefficient (Wildman–Crippen LogP) is 6.42. The van der Waals surface area contributed by atoms with Crippen LogP contribution in [0, 0.1) is 19.7 Å². The molecule has 7 heteroatoms. The van der Waals surface area contributed by atoms with Gasteiger partial charge in [0.2, 0.25) is 0 Å². The van der Waals surface area contributed by atoms with Gasteiger partial charge in [-0.1, -0.05) is 19.4 Å². The highest BCUT2D eigenvalue weighted by atomic mass is 32.1. The van der Waals surface area contributed by atoms with Crippen molar-refractivity contribution in [2.75, 3.05) is 11.9 Å². The molecular weight excluding hydrogens is 437 g/mol. The van der Waals surface area contributed by atoms with Gasteiger partial charge in [-0.2, -0.15) is 0 Å². The molecule has 0 unspecified atom stereocenters. The van der Waals surface area contributed by atoms with Crippen molar-refractivity contribution in [1.82, 2.24) is 9.97 Å². The van der Waals surface area contributed by atoms with Crippen LogP contribution in [0.5, 0.6) is 0 Å². The van der Waals surface area contributed by atoms with Gasteiger partial charge in [0, 0.05) is 27.8 Å². The van der Waals surface area contributed by atoms with E-state index in [-0.39, 0.29) is 5.82 Å². The van der Waals surface area contributed by atoms with Gasteiger partial charge in [0.25, 0.3) is 0 Å². The number of benzene rings is 2. The number of carboxylic acids is 1. The lowest BCUT2D eigenvalue weighted by atomic mass is 9.98. The first-order chi connectivity index (χ1) is 15.9. The maximum atomic E-state index is 14.0. The van der Waals surface area contributed by atoms with Gasteiger partial charge < -0.3 is 10.4 Å². The lowest BCUT2D eigenvalue weighted by Crippen LogP contribution is -2.07. The fourth-order valence-electron chi connectivity index (χ4n) is 4.17. The zero-order valence-electron chi connectivity index (χ0n) is 18.9. The number of nitrogens with zero attached hydrogens (tertiary/aromatic N) is 2. The molecule has 2 aromatic carbocycles. The Morgan fingerprint density at radius 3 is 2.70 bits per heavy atom. The molecule has 0 saturated carbocycles. The van der Waals surface area contributed by atoms with Crippen LogP contribution >= 0.6 is 11.3 Å². The summed E-state index contributed by atoms with van der Waals surface area (Å²) in [5, 5.41) is 13.8. The van der Waals surface area contributed by atoms with Crippen molar-refractivity contribution >= 4 is 33.2 Å². The number of halogens is 1. The maximum absolute atomic E-state index is 14.0. The SMILES string of the molecule is CCCc1cc(-c2cc(NCCc3c(C)sc4c(C)cc(F)cc34)ncn2)ccc1C(=O)O. The van der Waals surface area contributed by atoms with E-state index < -0.39 is 5.97 Å². The van der Waals surface area contributed by atoms with Gasteiger partial charge in [-0.05, 0) is 73.0 Å². The molecule has 0 fully saturated rings. The Morgan fingerprint density at radius 1 is 1.12 bits per heavy atom. The molecule has 33 heavy (non-hydrogen) atoms. The minimum absolute atomic E-state index is 0.205. The molecule has 0 radical (unpaired) electrons. The Bertz CT molecular complexity index is 1330. The third kappa shape index (κ3) is 4.88. The maximum Gasteiger partial charge on any atom is 0.335 e. The van der Waals surface area contributed by atoms with E-state index in [0.717, 1.165) is 50.9 Å². The average Bonchev–Trinajstić information content (AvgIpc) is 3.10. The predicted molar refractivity (Wildman–Crippen MR) is 132 cm³/mol. The van der Waals surface area contributed by atoms with Gasteiger partial charge in [0.05, 0.1) is 11.3 Å². The zero-order valence-corrected chi connectivity index (χ0v) is 19.7. The first-order valence-corrected chi connectivity index (χ1v) is 11.8. The summed E-state index contributed by atoms with van der Waals surface area (Å²) in [4.78, 5) is 21.4. The first kappa shape index (κ1) is 22.9. The van der Waals surface area contributed by atoms with Crippen LogP contribution in [0.25, 0.3) is 21.3 Å². The molecule has 2 N–H and O–H groups in total. The summed E-state index contributed by atoms with van der Waals surface area (Å²) in [6.45, 7) is 6.70. The molecule has 5 nitrogen and oxygen atoms in total. The normalized spacial score (nSPS) is 11.2. The number of anilines is 1. The Labute approximate surface area is 196 Å². The van der Waals surface area contributed by atoms with Crippen LogP contribution in [0.1, 0.15) is 45.3 Å². The van der Waals surface area contributed by atoms with Crippen molar-refractivity contribution in [2.24, 2.45) is 0 Å². The van der Waals surface area contributed by atoms with E-state index in [1.54, 1.807) is 35.6 Å².